The third-order valence-electron chi connectivity index (χ3n) is 2.69. The first kappa shape index (κ1) is 39.6. The predicted octanol–water partition coefficient (Wildman–Crippen LogP) is 5.71. The number of benzene rings is 1. The Balaban J connectivity index is -0.000000171. The first-order valence-electron chi connectivity index (χ1n) is 10.6. The highest BCUT2D eigenvalue weighted by atomic mass is 16.5. The molecule has 6 heteroatoms. The molecular formula is C26H48N2O4. The van der Waals surface area contributed by atoms with E-state index in [9.17, 15) is 0 Å². The highest BCUT2D eigenvalue weighted by Crippen LogP contribution is 2.24. The van der Waals surface area contributed by atoms with Gasteiger partial charge in [-0.2, -0.15) is 0 Å². The maximum Gasteiger partial charge on any atom is 0.128 e. The van der Waals surface area contributed by atoms with Crippen LogP contribution in [-0.2, 0) is 20.9 Å². The lowest BCUT2D eigenvalue weighted by atomic mass is 10.1. The van der Waals surface area contributed by atoms with Gasteiger partial charge < -0.3 is 30.5 Å². The first-order chi connectivity index (χ1) is 15.6. The largest absolute Gasteiger partial charge is 0.497 e. The Morgan fingerprint density at radius 2 is 1.62 bits per heavy atom. The third-order valence-corrected chi connectivity index (χ3v) is 2.69. The summed E-state index contributed by atoms with van der Waals surface area (Å²) in [6.45, 7) is 24.5. The van der Waals surface area contributed by atoms with E-state index in [1.807, 2.05) is 71.8 Å². The van der Waals surface area contributed by atoms with Crippen LogP contribution in [0.1, 0.15) is 45.2 Å². The van der Waals surface area contributed by atoms with E-state index in [0.29, 0.717) is 26.4 Å². The molecule has 0 aliphatic heterocycles. The lowest BCUT2D eigenvalue weighted by molar-refractivity contribution is -0.0979. The van der Waals surface area contributed by atoms with Crippen molar-refractivity contribution in [3.8, 4) is 5.75 Å². The van der Waals surface area contributed by atoms with E-state index in [-0.39, 0.29) is 0 Å². The second kappa shape index (κ2) is 42.3. The van der Waals surface area contributed by atoms with Gasteiger partial charge >= 0.3 is 0 Å². The van der Waals surface area contributed by atoms with Gasteiger partial charge in [-0.3, -0.25) is 0 Å². The number of allylic oxidation sites excluding steroid dienone is 1. The van der Waals surface area contributed by atoms with Gasteiger partial charge in [-0.1, -0.05) is 50.8 Å². The molecule has 0 aromatic heterocycles. The summed E-state index contributed by atoms with van der Waals surface area (Å²) in [7, 11) is 1.50. The van der Waals surface area contributed by atoms with Crippen LogP contribution in [0.25, 0.3) is 0 Å². The van der Waals surface area contributed by atoms with Gasteiger partial charge in [0.1, 0.15) is 19.1 Å². The molecule has 0 spiro atoms. The van der Waals surface area contributed by atoms with Crippen molar-refractivity contribution in [2.45, 2.75) is 47.6 Å². The van der Waals surface area contributed by atoms with Crippen LogP contribution in [-0.4, -0.2) is 33.7 Å². The normalized spacial score (nSPS) is 7.97. The monoisotopic (exact) mass is 452 g/mol. The lowest BCUT2D eigenvalue weighted by Crippen LogP contribution is -1.99. The molecule has 6 nitrogen and oxygen atoms in total. The van der Waals surface area contributed by atoms with Crippen LogP contribution in [0.4, 0.5) is 0 Å². The zero-order chi connectivity index (χ0) is 26.0. The molecule has 0 radical (unpaired) electrons. The quantitative estimate of drug-likeness (QED) is 0.268. The number of carbonyl (C=O) groups excluding carboxylic acids is 1. The summed E-state index contributed by atoms with van der Waals surface area (Å²) in [5, 5.41) is 0. The van der Waals surface area contributed by atoms with E-state index < -0.39 is 0 Å². The topological polar surface area (TPSA) is 96.8 Å². The Bertz CT molecular complexity index is 527. The van der Waals surface area contributed by atoms with Gasteiger partial charge in [0.15, 0.2) is 0 Å². The SMILES string of the molecule is C=CC.C=CCCOC/C=C/OCc1cccc(C)c1OCC.C=CN.C=O.CC.CN. The van der Waals surface area contributed by atoms with E-state index in [2.05, 4.69) is 31.2 Å². The van der Waals surface area contributed by atoms with Crippen molar-refractivity contribution in [3.05, 3.63) is 79.8 Å². The number of para-hydroxylation sites is 1. The molecule has 1 aromatic rings. The van der Waals surface area contributed by atoms with Crippen molar-refractivity contribution in [3.63, 3.8) is 0 Å². The molecule has 0 aliphatic rings. The van der Waals surface area contributed by atoms with Crippen molar-refractivity contribution in [2.24, 2.45) is 11.5 Å². The summed E-state index contributed by atoms with van der Waals surface area (Å²) >= 11 is 0. The van der Waals surface area contributed by atoms with Crippen LogP contribution in [0.3, 0.4) is 0 Å². The maximum atomic E-state index is 8.00. The summed E-state index contributed by atoms with van der Waals surface area (Å²) < 4.78 is 16.5. The molecule has 0 heterocycles. The maximum absolute atomic E-state index is 8.00. The Morgan fingerprint density at radius 1 is 1.09 bits per heavy atom. The molecule has 0 unspecified atom stereocenters. The number of aryl methyl sites for hydroxylation is 1. The van der Waals surface area contributed by atoms with Gasteiger partial charge in [-0.25, -0.2) is 0 Å². The highest BCUT2D eigenvalue weighted by molar-refractivity contribution is 5.40. The molecule has 0 amide bonds. The number of hydrogen-bond donors (Lipinski definition) is 2. The summed E-state index contributed by atoms with van der Waals surface area (Å²) in [4.78, 5) is 8.00. The van der Waals surface area contributed by atoms with Gasteiger partial charge in [0.25, 0.3) is 0 Å². The summed E-state index contributed by atoms with van der Waals surface area (Å²) in [5.41, 5.74) is 11.3. The molecular weight excluding hydrogens is 404 g/mol. The average Bonchev–Trinajstić information content (AvgIpc) is 2.83. The van der Waals surface area contributed by atoms with Crippen LogP contribution in [0.2, 0.25) is 0 Å². The second-order valence-electron chi connectivity index (χ2n) is 4.98. The van der Waals surface area contributed by atoms with Crippen molar-refractivity contribution in [2.75, 3.05) is 26.9 Å². The minimum Gasteiger partial charge on any atom is -0.497 e. The molecule has 0 aliphatic carbocycles. The first-order valence-corrected chi connectivity index (χ1v) is 10.6. The molecule has 186 valence electrons. The molecule has 4 N–H and O–H groups in total. The fraction of sp³-hybridized carbons (Fsp3) is 0.423. The summed E-state index contributed by atoms with van der Waals surface area (Å²) in [6.07, 6.45) is 9.24. The van der Waals surface area contributed by atoms with E-state index in [1.165, 1.54) is 13.2 Å². The van der Waals surface area contributed by atoms with Gasteiger partial charge in [0.05, 0.1) is 26.1 Å². The van der Waals surface area contributed by atoms with Crippen molar-refractivity contribution in [1.29, 1.82) is 0 Å². The highest BCUT2D eigenvalue weighted by Gasteiger charge is 2.05. The predicted molar refractivity (Wildman–Crippen MR) is 141 cm³/mol. The molecule has 32 heavy (non-hydrogen) atoms. The number of ether oxygens (including phenoxy) is 3. The minimum atomic E-state index is 0.500. The number of nitrogens with two attached hydrogens (primary N) is 2. The van der Waals surface area contributed by atoms with Crippen molar-refractivity contribution < 1.29 is 19.0 Å². The van der Waals surface area contributed by atoms with Crippen LogP contribution in [0, 0.1) is 6.92 Å². The van der Waals surface area contributed by atoms with E-state index in [1.54, 1.807) is 12.3 Å². The molecule has 0 saturated heterocycles. The van der Waals surface area contributed by atoms with Crippen molar-refractivity contribution >= 4 is 6.79 Å². The lowest BCUT2D eigenvalue weighted by Gasteiger charge is -2.12. The summed E-state index contributed by atoms with van der Waals surface area (Å²) in [6, 6.07) is 6.07. The Morgan fingerprint density at radius 3 is 2.09 bits per heavy atom. The Labute approximate surface area is 197 Å². The molecule has 1 aromatic carbocycles. The fourth-order valence-corrected chi connectivity index (χ4v) is 1.74. The zero-order valence-corrected chi connectivity index (χ0v) is 21.3. The van der Waals surface area contributed by atoms with Crippen molar-refractivity contribution in [1.82, 2.24) is 0 Å². The fourth-order valence-electron chi connectivity index (χ4n) is 1.74. The van der Waals surface area contributed by atoms with Crippen LogP contribution in [0.5, 0.6) is 5.75 Å². The van der Waals surface area contributed by atoms with Crippen LogP contribution < -0.4 is 16.2 Å². The second-order valence-corrected chi connectivity index (χ2v) is 4.98. The van der Waals surface area contributed by atoms with E-state index in [4.69, 9.17) is 19.0 Å². The van der Waals surface area contributed by atoms with Gasteiger partial charge in [0.2, 0.25) is 0 Å². The standard InChI is InChI=1S/C17H24O3.C3H6.C2H5N.C2H6.CH5N.CH2O/c1-4-6-11-18-12-8-13-19-14-16-10-7-9-15(3)17(16)20-5-2;1-3-2;1-2-3;3*1-2/h4,7-10,13H,1,5-6,11-12,14H2,2-3H3;3H,1H2,2H3;2H,1,3H2;1-2H3;2H2,1H3;1H2/b13-8+;;;;;. The zero-order valence-electron chi connectivity index (χ0n) is 21.3. The Hall–Kier alpha value is -2.83. The number of rotatable bonds is 10. The van der Waals surface area contributed by atoms with Gasteiger partial charge in [0, 0.05) is 5.56 Å². The molecule has 0 bridgehead atoms. The Kier molecular flexibility index (Phi) is 52.4. The smallest absolute Gasteiger partial charge is 0.128 e. The summed E-state index contributed by atoms with van der Waals surface area (Å²) in [5.74, 6) is 0.922. The number of carbonyl (C=O) groups is 1. The molecule has 1 rings (SSSR count). The van der Waals surface area contributed by atoms with Crippen LogP contribution >= 0.6 is 0 Å². The minimum absolute atomic E-state index is 0.500. The molecule has 0 saturated carbocycles. The van der Waals surface area contributed by atoms with E-state index in [0.717, 1.165) is 23.3 Å². The van der Waals surface area contributed by atoms with Gasteiger partial charge in [-0.05, 0) is 52.1 Å². The van der Waals surface area contributed by atoms with Crippen LogP contribution in [0.15, 0.2) is 68.6 Å². The average molecular weight is 453 g/mol. The number of hydrogen-bond acceptors (Lipinski definition) is 6. The van der Waals surface area contributed by atoms with E-state index >= 15 is 0 Å². The molecule has 0 atom stereocenters. The van der Waals surface area contributed by atoms with Gasteiger partial charge in [-0.15, -0.1) is 13.2 Å². The molecule has 0 fully saturated rings. The third kappa shape index (κ3) is 31.9.